The zero-order chi connectivity index (χ0) is 9.97. The molecule has 1 fully saturated rings. The first kappa shape index (κ1) is 9.97. The van der Waals surface area contributed by atoms with Gasteiger partial charge in [0.2, 0.25) is 0 Å². The largest absolute Gasteiger partial charge is 0.369 e. The maximum absolute atomic E-state index is 4.15. The highest BCUT2D eigenvalue weighted by molar-refractivity contribution is 9.10. The van der Waals surface area contributed by atoms with Crippen molar-refractivity contribution in [2.75, 3.05) is 11.4 Å². The molecule has 1 aliphatic rings. The van der Waals surface area contributed by atoms with Crippen LogP contribution in [0.25, 0.3) is 0 Å². The minimum atomic E-state index is 0.665. The quantitative estimate of drug-likeness (QED) is 0.716. The van der Waals surface area contributed by atoms with Crippen LogP contribution in [0.2, 0.25) is 0 Å². The highest BCUT2D eigenvalue weighted by Gasteiger charge is 2.18. The smallest absolute Gasteiger partial charge is 0.108 e. The zero-order valence-corrected chi connectivity index (χ0v) is 10.00. The summed E-state index contributed by atoms with van der Waals surface area (Å²) in [6, 6.07) is 4.85. The third kappa shape index (κ3) is 2.08. The molecule has 1 aliphatic heterocycles. The second-order valence-electron chi connectivity index (χ2n) is 3.87. The van der Waals surface area contributed by atoms with Crippen molar-refractivity contribution in [1.29, 1.82) is 0 Å². The molecule has 0 bridgehead atoms. The second kappa shape index (κ2) is 4.30. The fourth-order valence-corrected chi connectivity index (χ4v) is 2.41. The van der Waals surface area contributed by atoms with E-state index in [0.717, 1.165) is 4.60 Å². The number of hydrogen-bond acceptors (Lipinski definition) is 2. The Bertz CT molecular complexity index is 314. The van der Waals surface area contributed by atoms with Gasteiger partial charge in [-0.25, -0.2) is 4.98 Å². The number of aromatic nitrogens is 1. The van der Waals surface area contributed by atoms with Gasteiger partial charge in [-0.05, 0) is 54.2 Å². The molecule has 0 unspecified atom stereocenters. The lowest BCUT2D eigenvalue weighted by atomic mass is 10.0. The number of halogens is 1. The van der Waals surface area contributed by atoms with Gasteiger partial charge in [-0.2, -0.15) is 0 Å². The van der Waals surface area contributed by atoms with Crippen LogP contribution in [0.4, 0.5) is 5.69 Å². The summed E-state index contributed by atoms with van der Waals surface area (Å²) in [4.78, 5) is 6.62. The number of anilines is 1. The number of hydrogen-bond donors (Lipinski definition) is 0. The Morgan fingerprint density at radius 1 is 1.50 bits per heavy atom. The summed E-state index contributed by atoms with van der Waals surface area (Å²) in [5.41, 5.74) is 1.29. The van der Waals surface area contributed by atoms with Gasteiger partial charge in [0.1, 0.15) is 4.60 Å². The molecule has 0 saturated carbocycles. The van der Waals surface area contributed by atoms with Crippen LogP contribution in [0.3, 0.4) is 0 Å². The van der Waals surface area contributed by atoms with Crippen LogP contribution in [0.15, 0.2) is 22.9 Å². The molecule has 0 amide bonds. The number of pyridine rings is 1. The Kier molecular flexibility index (Phi) is 3.06. The fraction of sp³-hybridized carbons (Fsp3) is 0.545. The average molecular weight is 255 g/mol. The van der Waals surface area contributed by atoms with Crippen LogP contribution in [0.1, 0.15) is 26.2 Å². The van der Waals surface area contributed by atoms with E-state index in [1.807, 2.05) is 6.20 Å². The molecule has 1 atom stereocenters. The summed E-state index contributed by atoms with van der Waals surface area (Å²) in [5, 5.41) is 0. The molecule has 1 aromatic heterocycles. The summed E-state index contributed by atoms with van der Waals surface area (Å²) in [6.07, 6.45) is 5.84. The first-order valence-corrected chi connectivity index (χ1v) is 5.95. The van der Waals surface area contributed by atoms with Crippen molar-refractivity contribution in [3.05, 3.63) is 22.9 Å². The van der Waals surface area contributed by atoms with Crippen LogP contribution in [-0.4, -0.2) is 17.6 Å². The van der Waals surface area contributed by atoms with Gasteiger partial charge in [0.25, 0.3) is 0 Å². The summed E-state index contributed by atoms with van der Waals surface area (Å²) in [5.74, 6) is 0. The van der Waals surface area contributed by atoms with Crippen molar-refractivity contribution >= 4 is 21.6 Å². The van der Waals surface area contributed by atoms with Gasteiger partial charge >= 0.3 is 0 Å². The van der Waals surface area contributed by atoms with E-state index in [2.05, 4.69) is 44.9 Å². The van der Waals surface area contributed by atoms with Crippen LogP contribution >= 0.6 is 15.9 Å². The zero-order valence-electron chi connectivity index (χ0n) is 8.41. The van der Waals surface area contributed by atoms with Crippen molar-refractivity contribution < 1.29 is 0 Å². The van der Waals surface area contributed by atoms with Gasteiger partial charge in [-0.1, -0.05) is 0 Å². The Labute approximate surface area is 93.5 Å². The first-order chi connectivity index (χ1) is 6.77. The van der Waals surface area contributed by atoms with E-state index in [4.69, 9.17) is 0 Å². The molecule has 1 saturated heterocycles. The third-order valence-corrected chi connectivity index (χ3v) is 3.28. The number of rotatable bonds is 1. The van der Waals surface area contributed by atoms with Crippen molar-refractivity contribution in [2.24, 2.45) is 0 Å². The van der Waals surface area contributed by atoms with Crippen LogP contribution in [0.5, 0.6) is 0 Å². The van der Waals surface area contributed by atoms with E-state index >= 15 is 0 Å². The summed E-state index contributed by atoms with van der Waals surface area (Å²) in [6.45, 7) is 3.48. The fourth-order valence-electron chi connectivity index (χ4n) is 2.05. The molecule has 2 heterocycles. The summed E-state index contributed by atoms with van der Waals surface area (Å²) >= 11 is 3.41. The highest BCUT2D eigenvalue weighted by atomic mass is 79.9. The molecule has 0 N–H and O–H groups in total. The Morgan fingerprint density at radius 2 is 2.36 bits per heavy atom. The Morgan fingerprint density at radius 3 is 3.07 bits per heavy atom. The monoisotopic (exact) mass is 254 g/mol. The molecule has 2 rings (SSSR count). The standard InChI is InChI=1S/C11H15BrN2/c1-9-4-2-3-7-14(9)10-5-6-13-11(12)8-10/h5-6,8-9H,2-4,7H2,1H3/t9-/m0/s1. The predicted molar refractivity (Wildman–Crippen MR) is 62.6 cm³/mol. The average Bonchev–Trinajstić information content (AvgIpc) is 2.18. The van der Waals surface area contributed by atoms with E-state index < -0.39 is 0 Å². The van der Waals surface area contributed by atoms with Crippen LogP contribution in [0, 0.1) is 0 Å². The molecule has 0 spiro atoms. The van der Waals surface area contributed by atoms with Crippen LogP contribution < -0.4 is 4.90 Å². The van der Waals surface area contributed by atoms with E-state index in [0.29, 0.717) is 6.04 Å². The lowest BCUT2D eigenvalue weighted by molar-refractivity contribution is 0.484. The number of nitrogens with zero attached hydrogens (tertiary/aromatic N) is 2. The van der Waals surface area contributed by atoms with Crippen LogP contribution in [-0.2, 0) is 0 Å². The van der Waals surface area contributed by atoms with Gasteiger partial charge in [0.15, 0.2) is 0 Å². The molecule has 0 radical (unpaired) electrons. The molecule has 1 aromatic rings. The molecule has 0 aliphatic carbocycles. The molecule has 0 aromatic carbocycles. The molecule has 3 heteroatoms. The minimum absolute atomic E-state index is 0.665. The molecule has 14 heavy (non-hydrogen) atoms. The van der Waals surface area contributed by atoms with Gasteiger partial charge in [-0.15, -0.1) is 0 Å². The van der Waals surface area contributed by atoms with Gasteiger partial charge in [0, 0.05) is 24.5 Å². The predicted octanol–water partition coefficient (Wildman–Crippen LogP) is 3.22. The van der Waals surface area contributed by atoms with Crippen molar-refractivity contribution in [2.45, 2.75) is 32.2 Å². The maximum Gasteiger partial charge on any atom is 0.108 e. The molecule has 76 valence electrons. The van der Waals surface area contributed by atoms with E-state index in [9.17, 15) is 0 Å². The van der Waals surface area contributed by atoms with E-state index in [-0.39, 0.29) is 0 Å². The van der Waals surface area contributed by atoms with Crippen molar-refractivity contribution in [3.63, 3.8) is 0 Å². The normalized spacial score (nSPS) is 22.4. The SMILES string of the molecule is C[C@H]1CCCCN1c1ccnc(Br)c1. The number of piperidine rings is 1. The van der Waals surface area contributed by atoms with Gasteiger partial charge < -0.3 is 4.90 Å². The Hall–Kier alpha value is -0.570. The molecular formula is C11H15BrN2. The van der Waals surface area contributed by atoms with Crippen molar-refractivity contribution in [1.82, 2.24) is 4.98 Å². The maximum atomic E-state index is 4.15. The second-order valence-corrected chi connectivity index (χ2v) is 4.69. The highest BCUT2D eigenvalue weighted by Crippen LogP contribution is 2.25. The molecular weight excluding hydrogens is 240 g/mol. The molecule has 2 nitrogen and oxygen atoms in total. The third-order valence-electron chi connectivity index (χ3n) is 2.84. The minimum Gasteiger partial charge on any atom is -0.369 e. The lowest BCUT2D eigenvalue weighted by Crippen LogP contribution is -2.37. The van der Waals surface area contributed by atoms with Gasteiger partial charge in [0.05, 0.1) is 0 Å². The van der Waals surface area contributed by atoms with Gasteiger partial charge in [-0.3, -0.25) is 0 Å². The Balaban J connectivity index is 2.20. The summed E-state index contributed by atoms with van der Waals surface area (Å²) in [7, 11) is 0. The lowest BCUT2D eigenvalue weighted by Gasteiger charge is -2.35. The van der Waals surface area contributed by atoms with E-state index in [1.54, 1.807) is 0 Å². The van der Waals surface area contributed by atoms with Crippen molar-refractivity contribution in [3.8, 4) is 0 Å². The first-order valence-electron chi connectivity index (χ1n) is 5.15. The summed E-state index contributed by atoms with van der Waals surface area (Å²) < 4.78 is 0.924. The topological polar surface area (TPSA) is 16.1 Å². The van der Waals surface area contributed by atoms with E-state index in [1.165, 1.54) is 31.5 Å².